The maximum Gasteiger partial charge on any atom is 0.268 e. The quantitative estimate of drug-likeness (QED) is 0.0272. The maximum absolute atomic E-state index is 12.9. The van der Waals surface area contributed by atoms with Gasteiger partial charge in [-0.1, -0.05) is 302 Å². The molecule has 1 amide bonds. The van der Waals surface area contributed by atoms with Gasteiger partial charge in [-0.25, -0.2) is 0 Å². The van der Waals surface area contributed by atoms with Crippen LogP contribution in [0.3, 0.4) is 0 Å². The molecular formula is C60H121N2O6P. The fourth-order valence-corrected chi connectivity index (χ4v) is 10.2. The average molecular weight is 998 g/mol. The highest BCUT2D eigenvalue weighted by atomic mass is 31.2. The Morgan fingerprint density at radius 1 is 0.493 bits per heavy atom. The van der Waals surface area contributed by atoms with Crippen molar-refractivity contribution < 1.29 is 32.9 Å². The number of aliphatic hydroxyl groups excluding tert-OH is 1. The number of phosphoric ester groups is 1. The topological polar surface area (TPSA) is 108 Å². The molecule has 9 heteroatoms. The molecule has 69 heavy (non-hydrogen) atoms. The summed E-state index contributed by atoms with van der Waals surface area (Å²) in [5, 5.41) is 13.8. The third-order valence-corrected chi connectivity index (χ3v) is 15.2. The number of carbonyl (C=O) groups excluding carboxylic acids is 1. The number of carbonyl (C=O) groups is 1. The van der Waals surface area contributed by atoms with Gasteiger partial charge in [0.05, 0.1) is 39.9 Å². The SMILES string of the molecule is CCCCCCCCCCCC/C=C/C(O)C(COP(=O)([O-])OCC[N+](C)(C)C)NC(=O)CCCCCCCCCCCCCCCCCCCCCCCCCCCCCCCCCCCCC. The van der Waals surface area contributed by atoms with Gasteiger partial charge in [0.15, 0.2) is 0 Å². The van der Waals surface area contributed by atoms with Crippen molar-refractivity contribution in [3.63, 3.8) is 0 Å². The number of phosphoric acid groups is 1. The van der Waals surface area contributed by atoms with E-state index in [0.29, 0.717) is 17.4 Å². The molecule has 0 aromatic rings. The van der Waals surface area contributed by atoms with E-state index >= 15 is 0 Å². The smallest absolute Gasteiger partial charge is 0.268 e. The van der Waals surface area contributed by atoms with Crippen LogP contribution in [0.4, 0.5) is 0 Å². The lowest BCUT2D eigenvalue weighted by molar-refractivity contribution is -0.870. The number of nitrogens with zero attached hydrogens (tertiary/aromatic N) is 1. The molecule has 8 nitrogen and oxygen atoms in total. The molecule has 0 aromatic carbocycles. The molecule has 3 atom stereocenters. The standard InChI is InChI=1S/C60H121N2O6P/c1-6-8-10-12-14-16-18-20-21-22-23-24-25-26-27-28-29-30-31-32-33-34-35-36-37-38-39-40-41-42-44-46-48-50-52-54-60(64)61-58(57-68-69(65,66)67-56-55-62(3,4)5)59(63)53-51-49-47-45-43-19-17-15-13-11-9-7-2/h51,53,58-59,63H,6-50,52,54-57H2,1-5H3,(H-,61,64,65,66)/b53-51+. The minimum atomic E-state index is -4.59. The number of aliphatic hydroxyl groups is 1. The first-order chi connectivity index (χ1) is 33.5. The predicted octanol–water partition coefficient (Wildman–Crippen LogP) is 18.0. The molecule has 412 valence electrons. The van der Waals surface area contributed by atoms with Crippen molar-refractivity contribution in [1.82, 2.24) is 5.32 Å². The number of allylic oxidation sites excluding steroid dienone is 1. The third-order valence-electron chi connectivity index (χ3n) is 14.2. The molecular weight excluding hydrogens is 876 g/mol. The molecule has 0 saturated carbocycles. The fourth-order valence-electron chi connectivity index (χ4n) is 9.45. The van der Waals surface area contributed by atoms with Crippen molar-refractivity contribution >= 4 is 13.7 Å². The minimum absolute atomic E-state index is 0.00235. The molecule has 0 spiro atoms. The molecule has 0 aromatic heterocycles. The summed E-state index contributed by atoms with van der Waals surface area (Å²) in [6.45, 7) is 4.68. The number of hydrogen-bond donors (Lipinski definition) is 2. The summed E-state index contributed by atoms with van der Waals surface area (Å²) in [5.41, 5.74) is 0. The van der Waals surface area contributed by atoms with Gasteiger partial charge in [-0.2, -0.15) is 0 Å². The minimum Gasteiger partial charge on any atom is -0.756 e. The summed E-state index contributed by atoms with van der Waals surface area (Å²) in [6.07, 6.45) is 64.7. The van der Waals surface area contributed by atoms with Crippen LogP contribution in [0.15, 0.2) is 12.2 Å². The van der Waals surface area contributed by atoms with Crippen molar-refractivity contribution in [2.24, 2.45) is 0 Å². The lowest BCUT2D eigenvalue weighted by Crippen LogP contribution is -2.45. The monoisotopic (exact) mass is 997 g/mol. The van der Waals surface area contributed by atoms with Crippen LogP contribution in [-0.4, -0.2) is 68.5 Å². The lowest BCUT2D eigenvalue weighted by Gasteiger charge is -2.29. The Bertz CT molecular complexity index is 1130. The Balaban J connectivity index is 3.88. The molecule has 0 fully saturated rings. The first-order valence-electron chi connectivity index (χ1n) is 30.6. The Morgan fingerprint density at radius 3 is 1.09 bits per heavy atom. The second kappa shape index (κ2) is 52.1. The van der Waals surface area contributed by atoms with Gasteiger partial charge in [-0.15, -0.1) is 0 Å². The largest absolute Gasteiger partial charge is 0.756 e. The summed E-state index contributed by atoms with van der Waals surface area (Å²) in [6, 6.07) is -0.881. The average Bonchev–Trinajstić information content (AvgIpc) is 3.31. The molecule has 0 heterocycles. The van der Waals surface area contributed by atoms with E-state index in [2.05, 4.69) is 19.2 Å². The number of likely N-dealkylation sites (N-methyl/N-ethyl adjacent to an activating group) is 1. The Labute approximate surface area is 431 Å². The molecule has 0 radical (unpaired) electrons. The zero-order chi connectivity index (χ0) is 50.6. The van der Waals surface area contributed by atoms with Crippen LogP contribution in [0.1, 0.15) is 316 Å². The van der Waals surface area contributed by atoms with E-state index in [1.807, 2.05) is 27.2 Å². The van der Waals surface area contributed by atoms with Crippen LogP contribution in [0.2, 0.25) is 0 Å². The zero-order valence-electron chi connectivity index (χ0n) is 47.0. The van der Waals surface area contributed by atoms with Crippen LogP contribution in [0, 0.1) is 0 Å². The fraction of sp³-hybridized carbons (Fsp3) is 0.950. The molecule has 3 unspecified atom stereocenters. The second-order valence-corrected chi connectivity index (χ2v) is 23.8. The Hall–Kier alpha value is -0.760. The van der Waals surface area contributed by atoms with Crippen LogP contribution in [0.5, 0.6) is 0 Å². The molecule has 0 aliphatic heterocycles. The Kier molecular flexibility index (Phi) is 51.5. The molecule has 0 aliphatic carbocycles. The van der Waals surface area contributed by atoms with Gasteiger partial charge >= 0.3 is 0 Å². The van der Waals surface area contributed by atoms with Gasteiger partial charge in [0.25, 0.3) is 7.82 Å². The number of quaternary nitrogens is 1. The summed E-state index contributed by atoms with van der Waals surface area (Å²) in [5.74, 6) is -0.191. The van der Waals surface area contributed by atoms with E-state index in [0.717, 1.165) is 38.5 Å². The van der Waals surface area contributed by atoms with Crippen LogP contribution >= 0.6 is 7.82 Å². The van der Waals surface area contributed by atoms with E-state index in [9.17, 15) is 19.4 Å². The Morgan fingerprint density at radius 2 is 0.783 bits per heavy atom. The van der Waals surface area contributed by atoms with Crippen molar-refractivity contribution in [3.8, 4) is 0 Å². The highest BCUT2D eigenvalue weighted by Crippen LogP contribution is 2.38. The van der Waals surface area contributed by atoms with Crippen molar-refractivity contribution in [2.75, 3.05) is 40.9 Å². The summed E-state index contributed by atoms with van der Waals surface area (Å²) in [7, 11) is 1.28. The first-order valence-corrected chi connectivity index (χ1v) is 32.0. The summed E-state index contributed by atoms with van der Waals surface area (Å²) in [4.78, 5) is 25.4. The van der Waals surface area contributed by atoms with E-state index in [1.165, 1.54) is 257 Å². The molecule has 0 rings (SSSR count). The number of hydrogen-bond acceptors (Lipinski definition) is 6. The predicted molar refractivity (Wildman–Crippen MR) is 298 cm³/mol. The summed E-state index contributed by atoms with van der Waals surface area (Å²) < 4.78 is 23.3. The van der Waals surface area contributed by atoms with E-state index in [-0.39, 0.29) is 19.1 Å². The number of rotatable bonds is 57. The van der Waals surface area contributed by atoms with Crippen molar-refractivity contribution in [1.29, 1.82) is 0 Å². The van der Waals surface area contributed by atoms with Gasteiger partial charge in [-0.3, -0.25) is 9.36 Å². The third kappa shape index (κ3) is 54.8. The normalized spacial score (nSPS) is 13.9. The second-order valence-electron chi connectivity index (χ2n) is 22.4. The van der Waals surface area contributed by atoms with Gasteiger partial charge in [0, 0.05) is 6.42 Å². The van der Waals surface area contributed by atoms with E-state index in [1.54, 1.807) is 6.08 Å². The van der Waals surface area contributed by atoms with Gasteiger partial charge in [-0.05, 0) is 19.3 Å². The number of unbranched alkanes of at least 4 members (excludes halogenated alkanes) is 44. The van der Waals surface area contributed by atoms with Crippen LogP contribution in [0.25, 0.3) is 0 Å². The molecule has 0 aliphatic rings. The lowest BCUT2D eigenvalue weighted by atomic mass is 10.0. The maximum atomic E-state index is 12.9. The highest BCUT2D eigenvalue weighted by Gasteiger charge is 2.23. The van der Waals surface area contributed by atoms with E-state index < -0.39 is 20.0 Å². The molecule has 0 bridgehead atoms. The first kappa shape index (κ1) is 68.2. The van der Waals surface area contributed by atoms with E-state index in [4.69, 9.17) is 9.05 Å². The van der Waals surface area contributed by atoms with Gasteiger partial charge in [0.1, 0.15) is 13.2 Å². The van der Waals surface area contributed by atoms with Crippen molar-refractivity contribution in [3.05, 3.63) is 12.2 Å². The highest BCUT2D eigenvalue weighted by molar-refractivity contribution is 7.45. The molecule has 2 N–H and O–H groups in total. The van der Waals surface area contributed by atoms with Gasteiger partial charge in [0.2, 0.25) is 5.91 Å². The zero-order valence-corrected chi connectivity index (χ0v) is 47.9. The van der Waals surface area contributed by atoms with Crippen LogP contribution < -0.4 is 10.2 Å². The summed E-state index contributed by atoms with van der Waals surface area (Å²) >= 11 is 0. The van der Waals surface area contributed by atoms with Gasteiger partial charge < -0.3 is 28.8 Å². The number of nitrogens with one attached hydrogen (secondary N) is 1. The number of amides is 1. The molecule has 0 saturated heterocycles. The van der Waals surface area contributed by atoms with Crippen LogP contribution in [-0.2, 0) is 18.4 Å². The van der Waals surface area contributed by atoms with Crippen molar-refractivity contribution in [2.45, 2.75) is 328 Å².